The number of hydrazine groups is 1. The second-order valence-electron chi connectivity index (χ2n) is 6.47. The molecule has 28 heavy (non-hydrogen) atoms. The van der Waals surface area contributed by atoms with Crippen molar-refractivity contribution in [3.05, 3.63) is 35.9 Å². The van der Waals surface area contributed by atoms with E-state index in [-0.39, 0.29) is 19.5 Å². The van der Waals surface area contributed by atoms with E-state index < -0.39 is 35.2 Å². The Kier molecular flexibility index (Phi) is 11.0. The summed E-state index contributed by atoms with van der Waals surface area (Å²) in [5, 5.41) is 0. The molecular weight excluding hydrogens is 362 g/mol. The number of ketones is 4. The Morgan fingerprint density at radius 2 is 1.36 bits per heavy atom. The first kappa shape index (κ1) is 23.7. The van der Waals surface area contributed by atoms with E-state index in [4.69, 9.17) is 17.2 Å². The summed E-state index contributed by atoms with van der Waals surface area (Å²) in [5.41, 5.74) is 22.6. The number of benzene rings is 1. The van der Waals surface area contributed by atoms with Crippen LogP contribution in [0.4, 0.5) is 0 Å². The van der Waals surface area contributed by atoms with Gasteiger partial charge in [-0.25, -0.2) is 10.9 Å². The van der Waals surface area contributed by atoms with Crippen LogP contribution in [0.2, 0.25) is 0 Å². The van der Waals surface area contributed by atoms with Crippen LogP contribution in [-0.2, 0) is 25.6 Å². The molecule has 0 unspecified atom stereocenters. The molecule has 0 radical (unpaired) electrons. The first-order chi connectivity index (χ1) is 13.4. The van der Waals surface area contributed by atoms with Gasteiger partial charge in [0.1, 0.15) is 0 Å². The molecule has 0 amide bonds. The fourth-order valence-electron chi connectivity index (χ4n) is 2.47. The Morgan fingerprint density at radius 1 is 0.821 bits per heavy atom. The van der Waals surface area contributed by atoms with Gasteiger partial charge in [-0.15, -0.1) is 0 Å². The van der Waals surface area contributed by atoms with Gasteiger partial charge in [-0.3, -0.25) is 19.2 Å². The SMILES string of the molecule is NCCCC[C@H](N)C(=O)C(=O)CNNCC(=O)C(=O)[C@@H](N)Cc1ccccc1. The summed E-state index contributed by atoms with van der Waals surface area (Å²) in [7, 11) is 0. The van der Waals surface area contributed by atoms with Crippen molar-refractivity contribution in [2.24, 2.45) is 17.2 Å². The van der Waals surface area contributed by atoms with Gasteiger partial charge < -0.3 is 17.2 Å². The molecule has 0 bridgehead atoms. The Bertz CT molecular complexity index is 666. The molecule has 2 atom stereocenters. The van der Waals surface area contributed by atoms with Gasteiger partial charge in [-0.1, -0.05) is 36.8 Å². The van der Waals surface area contributed by atoms with Gasteiger partial charge in [0.15, 0.2) is 0 Å². The zero-order valence-corrected chi connectivity index (χ0v) is 15.9. The normalized spacial score (nSPS) is 13.0. The molecule has 0 saturated carbocycles. The molecule has 0 spiro atoms. The number of carbonyl (C=O) groups is 4. The van der Waals surface area contributed by atoms with Gasteiger partial charge in [0.2, 0.25) is 23.1 Å². The molecule has 154 valence electrons. The van der Waals surface area contributed by atoms with Gasteiger partial charge in [-0.05, 0) is 31.4 Å². The molecular formula is C19H29N5O4. The zero-order valence-electron chi connectivity index (χ0n) is 15.9. The van der Waals surface area contributed by atoms with Gasteiger partial charge in [0.05, 0.1) is 25.2 Å². The number of Topliss-reactive ketones (excluding diaryl/α,β-unsaturated/α-hetero) is 4. The van der Waals surface area contributed by atoms with Gasteiger partial charge >= 0.3 is 0 Å². The summed E-state index contributed by atoms with van der Waals surface area (Å²) in [6.45, 7) is -0.172. The molecule has 9 nitrogen and oxygen atoms in total. The molecule has 1 aromatic carbocycles. The fourth-order valence-corrected chi connectivity index (χ4v) is 2.47. The summed E-state index contributed by atoms with van der Waals surface area (Å²) in [6, 6.07) is 7.33. The van der Waals surface area contributed by atoms with Crippen LogP contribution in [0.3, 0.4) is 0 Å². The minimum Gasteiger partial charge on any atom is -0.330 e. The molecule has 8 N–H and O–H groups in total. The highest BCUT2D eigenvalue weighted by molar-refractivity contribution is 6.40. The van der Waals surface area contributed by atoms with E-state index in [1.54, 1.807) is 0 Å². The number of hydrogen-bond acceptors (Lipinski definition) is 9. The Labute approximate surface area is 164 Å². The molecule has 1 rings (SSSR count). The van der Waals surface area contributed by atoms with Crippen molar-refractivity contribution >= 4 is 23.1 Å². The molecule has 0 aliphatic rings. The number of nitrogens with two attached hydrogens (primary N) is 3. The lowest BCUT2D eigenvalue weighted by molar-refractivity contribution is -0.137. The highest BCUT2D eigenvalue weighted by atomic mass is 16.2. The Balaban J connectivity index is 2.28. The second kappa shape index (κ2) is 13.0. The molecule has 0 aliphatic carbocycles. The Morgan fingerprint density at radius 3 is 1.89 bits per heavy atom. The van der Waals surface area contributed by atoms with E-state index in [1.807, 2.05) is 30.3 Å². The third kappa shape index (κ3) is 8.59. The third-order valence-electron chi connectivity index (χ3n) is 4.11. The van der Waals surface area contributed by atoms with Crippen molar-refractivity contribution in [3.63, 3.8) is 0 Å². The number of carbonyl (C=O) groups excluding carboxylic acids is 4. The summed E-state index contributed by atoms with van der Waals surface area (Å²) in [6.07, 6.45) is 2.05. The van der Waals surface area contributed by atoms with Crippen LogP contribution in [0.5, 0.6) is 0 Å². The molecule has 0 aromatic heterocycles. The highest BCUT2D eigenvalue weighted by Crippen LogP contribution is 2.03. The largest absolute Gasteiger partial charge is 0.330 e. The first-order valence-corrected chi connectivity index (χ1v) is 9.21. The maximum Gasteiger partial charge on any atom is 0.216 e. The second-order valence-corrected chi connectivity index (χ2v) is 6.47. The lowest BCUT2D eigenvalue weighted by Crippen LogP contribution is -2.47. The van der Waals surface area contributed by atoms with E-state index in [2.05, 4.69) is 10.9 Å². The number of hydrogen-bond donors (Lipinski definition) is 5. The van der Waals surface area contributed by atoms with Gasteiger partial charge in [0.25, 0.3) is 0 Å². The Hall–Kier alpha value is -2.30. The maximum atomic E-state index is 12.0. The minimum atomic E-state index is -0.938. The summed E-state index contributed by atoms with van der Waals surface area (Å²) < 4.78 is 0. The van der Waals surface area contributed by atoms with E-state index in [0.29, 0.717) is 19.4 Å². The van der Waals surface area contributed by atoms with Crippen LogP contribution in [0, 0.1) is 0 Å². The predicted molar refractivity (Wildman–Crippen MR) is 105 cm³/mol. The molecule has 1 aromatic rings. The van der Waals surface area contributed by atoms with Crippen LogP contribution < -0.4 is 28.1 Å². The average Bonchev–Trinajstić information content (AvgIpc) is 2.70. The summed E-state index contributed by atoms with van der Waals surface area (Å²) in [5.74, 6) is -2.80. The van der Waals surface area contributed by atoms with Crippen LogP contribution in [0.1, 0.15) is 24.8 Å². The van der Waals surface area contributed by atoms with Crippen LogP contribution >= 0.6 is 0 Å². The monoisotopic (exact) mass is 391 g/mol. The fraction of sp³-hybridized carbons (Fsp3) is 0.474. The van der Waals surface area contributed by atoms with Crippen molar-refractivity contribution in [2.45, 2.75) is 37.8 Å². The summed E-state index contributed by atoms with van der Waals surface area (Å²) >= 11 is 0. The van der Waals surface area contributed by atoms with E-state index in [1.165, 1.54) is 0 Å². The number of unbranched alkanes of at least 4 members (excludes halogenated alkanes) is 1. The van der Waals surface area contributed by atoms with E-state index in [0.717, 1.165) is 12.0 Å². The summed E-state index contributed by atoms with van der Waals surface area (Å²) in [4.78, 5) is 47.5. The van der Waals surface area contributed by atoms with E-state index in [9.17, 15) is 19.2 Å². The predicted octanol–water partition coefficient (Wildman–Crippen LogP) is -1.62. The topological polar surface area (TPSA) is 170 Å². The standard InChI is InChI=1S/C19H29N5O4/c20-9-5-4-8-14(21)18(27)16(25)11-23-24-12-17(26)19(28)15(22)10-13-6-2-1-3-7-13/h1-3,6-7,14-15,23-24H,4-5,8-12,20-22H2/t14-,15-/m0/s1. The van der Waals surface area contributed by atoms with Crippen LogP contribution in [0.15, 0.2) is 30.3 Å². The average molecular weight is 391 g/mol. The molecule has 0 aliphatic heterocycles. The van der Waals surface area contributed by atoms with E-state index >= 15 is 0 Å². The van der Waals surface area contributed by atoms with Crippen molar-refractivity contribution in [1.29, 1.82) is 0 Å². The van der Waals surface area contributed by atoms with Gasteiger partial charge in [0, 0.05) is 0 Å². The van der Waals surface area contributed by atoms with Crippen LogP contribution in [0.25, 0.3) is 0 Å². The van der Waals surface area contributed by atoms with Crippen molar-refractivity contribution in [1.82, 2.24) is 10.9 Å². The highest BCUT2D eigenvalue weighted by Gasteiger charge is 2.23. The zero-order chi connectivity index (χ0) is 20.9. The molecule has 0 heterocycles. The van der Waals surface area contributed by atoms with Crippen molar-refractivity contribution in [2.75, 3.05) is 19.6 Å². The number of nitrogens with one attached hydrogen (secondary N) is 2. The molecule has 9 heteroatoms. The lowest BCUT2D eigenvalue weighted by atomic mass is 10.0. The minimum absolute atomic E-state index is 0.258. The maximum absolute atomic E-state index is 12.0. The van der Waals surface area contributed by atoms with Crippen molar-refractivity contribution < 1.29 is 19.2 Å². The van der Waals surface area contributed by atoms with Crippen molar-refractivity contribution in [3.8, 4) is 0 Å². The number of rotatable bonds is 15. The molecule has 0 saturated heterocycles. The quantitative estimate of drug-likeness (QED) is 0.134. The first-order valence-electron chi connectivity index (χ1n) is 9.21. The molecule has 0 fully saturated rings. The third-order valence-corrected chi connectivity index (χ3v) is 4.11. The van der Waals surface area contributed by atoms with Crippen LogP contribution in [-0.4, -0.2) is 54.9 Å². The lowest BCUT2D eigenvalue weighted by Gasteiger charge is -2.11. The smallest absolute Gasteiger partial charge is 0.216 e. The van der Waals surface area contributed by atoms with Gasteiger partial charge in [-0.2, -0.15) is 0 Å².